The van der Waals surface area contributed by atoms with Crippen LogP contribution in [0.3, 0.4) is 0 Å². The lowest BCUT2D eigenvalue weighted by molar-refractivity contribution is -0.113. The summed E-state index contributed by atoms with van der Waals surface area (Å²) in [5, 5.41) is 21.0. The van der Waals surface area contributed by atoms with Crippen molar-refractivity contribution in [1.82, 2.24) is 4.98 Å². The number of carboxylic acids is 1. The number of phenols is 1. The van der Waals surface area contributed by atoms with Crippen LogP contribution in [0.2, 0.25) is 0 Å². The van der Waals surface area contributed by atoms with Crippen LogP contribution in [0.15, 0.2) is 47.6 Å². The average molecular weight is 304 g/mol. The number of carboxylic acid groups (broad SMARTS) is 1. The number of aromatic nitrogens is 1. The predicted molar refractivity (Wildman–Crippen MR) is 78.7 cm³/mol. The Balaban J connectivity index is 1.99. The zero-order valence-electron chi connectivity index (χ0n) is 10.8. The molecule has 0 atom stereocenters. The Bertz CT molecular complexity index is 661. The second-order valence-corrected chi connectivity index (χ2v) is 5.11. The van der Waals surface area contributed by atoms with Gasteiger partial charge in [-0.15, -0.1) is 11.8 Å². The molecule has 0 saturated heterocycles. The zero-order valence-corrected chi connectivity index (χ0v) is 11.6. The van der Waals surface area contributed by atoms with Crippen molar-refractivity contribution < 1.29 is 19.8 Å². The average Bonchev–Trinajstić information content (AvgIpc) is 2.48. The molecule has 1 aromatic heterocycles. The minimum atomic E-state index is -1.13. The standard InChI is InChI=1S/C14H12N2O4S/c17-12-2-1-9(14(19)20)7-11(12)16-13(18)8-21-10-3-5-15-6-4-10/h1-7,17H,8H2,(H,16,18)(H,19,20). The van der Waals surface area contributed by atoms with Gasteiger partial charge >= 0.3 is 5.97 Å². The number of amides is 1. The van der Waals surface area contributed by atoms with Gasteiger partial charge in [-0.25, -0.2) is 4.79 Å². The van der Waals surface area contributed by atoms with Crippen molar-refractivity contribution in [3.8, 4) is 5.75 Å². The highest BCUT2D eigenvalue weighted by molar-refractivity contribution is 8.00. The van der Waals surface area contributed by atoms with Crippen LogP contribution in [-0.4, -0.2) is 32.8 Å². The van der Waals surface area contributed by atoms with Crippen LogP contribution in [0.4, 0.5) is 5.69 Å². The number of benzene rings is 1. The summed E-state index contributed by atoms with van der Waals surface area (Å²) in [7, 11) is 0. The summed E-state index contributed by atoms with van der Waals surface area (Å²) >= 11 is 1.31. The highest BCUT2D eigenvalue weighted by atomic mass is 32.2. The van der Waals surface area contributed by atoms with Gasteiger partial charge in [0.2, 0.25) is 5.91 Å². The van der Waals surface area contributed by atoms with Gasteiger partial charge in [-0.2, -0.15) is 0 Å². The van der Waals surface area contributed by atoms with Crippen LogP contribution in [0.5, 0.6) is 5.75 Å². The van der Waals surface area contributed by atoms with E-state index in [-0.39, 0.29) is 28.7 Å². The number of thioether (sulfide) groups is 1. The number of aromatic carboxylic acids is 1. The number of hydrogen-bond donors (Lipinski definition) is 3. The van der Waals surface area contributed by atoms with Gasteiger partial charge in [0.05, 0.1) is 17.0 Å². The van der Waals surface area contributed by atoms with Crippen LogP contribution in [0, 0.1) is 0 Å². The zero-order chi connectivity index (χ0) is 15.2. The summed E-state index contributed by atoms with van der Waals surface area (Å²) in [5.74, 6) is -1.51. The van der Waals surface area contributed by atoms with E-state index in [1.165, 1.54) is 30.0 Å². The van der Waals surface area contributed by atoms with Crippen molar-refractivity contribution in [3.63, 3.8) is 0 Å². The number of pyridine rings is 1. The summed E-state index contributed by atoms with van der Waals surface area (Å²) in [6, 6.07) is 7.27. The van der Waals surface area contributed by atoms with Gasteiger partial charge in [0.15, 0.2) is 0 Å². The van der Waals surface area contributed by atoms with Crippen LogP contribution in [-0.2, 0) is 4.79 Å². The van der Waals surface area contributed by atoms with Crippen molar-refractivity contribution in [2.24, 2.45) is 0 Å². The van der Waals surface area contributed by atoms with Gasteiger partial charge in [-0.3, -0.25) is 9.78 Å². The number of nitrogens with one attached hydrogen (secondary N) is 1. The molecule has 0 unspecified atom stereocenters. The van der Waals surface area contributed by atoms with Gasteiger partial charge < -0.3 is 15.5 Å². The van der Waals surface area contributed by atoms with Crippen molar-refractivity contribution in [1.29, 1.82) is 0 Å². The minimum Gasteiger partial charge on any atom is -0.506 e. The molecule has 0 bridgehead atoms. The number of carbonyl (C=O) groups excluding carboxylic acids is 1. The lowest BCUT2D eigenvalue weighted by atomic mass is 10.2. The topological polar surface area (TPSA) is 99.5 Å². The van der Waals surface area contributed by atoms with E-state index in [9.17, 15) is 14.7 Å². The van der Waals surface area contributed by atoms with Crippen molar-refractivity contribution in [2.75, 3.05) is 11.1 Å². The third-order valence-electron chi connectivity index (χ3n) is 2.54. The number of aromatic hydroxyl groups is 1. The Morgan fingerprint density at radius 2 is 1.90 bits per heavy atom. The SMILES string of the molecule is O=C(CSc1ccncc1)Nc1cc(C(=O)O)ccc1O. The van der Waals surface area contributed by atoms with Crippen molar-refractivity contribution in [2.45, 2.75) is 4.90 Å². The van der Waals surface area contributed by atoms with E-state index in [2.05, 4.69) is 10.3 Å². The number of carbonyl (C=O) groups is 2. The number of anilines is 1. The molecule has 0 fully saturated rings. The molecule has 0 aliphatic heterocycles. The molecule has 0 radical (unpaired) electrons. The fraction of sp³-hybridized carbons (Fsp3) is 0.0714. The predicted octanol–water partition coefficient (Wildman–Crippen LogP) is 2.22. The number of nitrogens with zero attached hydrogens (tertiary/aromatic N) is 1. The van der Waals surface area contributed by atoms with Gasteiger partial charge in [-0.1, -0.05) is 0 Å². The number of phenolic OH excluding ortho intramolecular Hbond substituents is 1. The Hall–Kier alpha value is -2.54. The monoisotopic (exact) mass is 304 g/mol. The lowest BCUT2D eigenvalue weighted by Gasteiger charge is -2.08. The van der Waals surface area contributed by atoms with Crippen LogP contribution < -0.4 is 5.32 Å². The summed E-state index contributed by atoms with van der Waals surface area (Å²) < 4.78 is 0. The second-order valence-electron chi connectivity index (χ2n) is 4.06. The summed E-state index contributed by atoms with van der Waals surface area (Å²) in [6.07, 6.45) is 3.25. The van der Waals surface area contributed by atoms with Gasteiger partial charge in [0.25, 0.3) is 0 Å². The molecule has 3 N–H and O–H groups in total. The molecule has 7 heteroatoms. The first-order chi connectivity index (χ1) is 10.1. The second kappa shape index (κ2) is 6.76. The fourth-order valence-electron chi connectivity index (χ4n) is 1.54. The van der Waals surface area contributed by atoms with E-state index in [0.29, 0.717) is 0 Å². The quantitative estimate of drug-likeness (QED) is 0.578. The van der Waals surface area contributed by atoms with Crippen molar-refractivity contribution >= 4 is 29.3 Å². The first-order valence-corrected chi connectivity index (χ1v) is 6.94. The van der Waals surface area contributed by atoms with E-state index in [4.69, 9.17) is 5.11 Å². The molecule has 21 heavy (non-hydrogen) atoms. The van der Waals surface area contributed by atoms with Gasteiger partial charge in [-0.05, 0) is 30.3 Å². The molecule has 2 rings (SSSR count). The molecular formula is C14H12N2O4S. The van der Waals surface area contributed by atoms with Crippen LogP contribution in [0.1, 0.15) is 10.4 Å². The molecule has 1 amide bonds. The molecule has 0 spiro atoms. The summed E-state index contributed by atoms with van der Waals surface area (Å²) in [6.45, 7) is 0. The maximum atomic E-state index is 11.8. The Morgan fingerprint density at radius 1 is 1.19 bits per heavy atom. The molecule has 1 aromatic carbocycles. The molecular weight excluding hydrogens is 292 g/mol. The van der Waals surface area contributed by atoms with Crippen LogP contribution in [0.25, 0.3) is 0 Å². The largest absolute Gasteiger partial charge is 0.506 e. The van der Waals surface area contributed by atoms with Crippen LogP contribution >= 0.6 is 11.8 Å². The van der Waals surface area contributed by atoms with E-state index < -0.39 is 5.97 Å². The van der Waals surface area contributed by atoms with E-state index >= 15 is 0 Å². The molecule has 2 aromatic rings. The summed E-state index contributed by atoms with van der Waals surface area (Å²) in [4.78, 5) is 27.4. The van der Waals surface area contributed by atoms with Gasteiger partial charge in [0.1, 0.15) is 5.75 Å². The number of rotatable bonds is 5. The third kappa shape index (κ3) is 4.22. The fourth-order valence-corrected chi connectivity index (χ4v) is 2.22. The maximum absolute atomic E-state index is 11.8. The molecule has 1 heterocycles. The Morgan fingerprint density at radius 3 is 2.57 bits per heavy atom. The number of hydrogen-bond acceptors (Lipinski definition) is 5. The van der Waals surface area contributed by atoms with E-state index in [0.717, 1.165) is 4.90 Å². The highest BCUT2D eigenvalue weighted by Crippen LogP contribution is 2.25. The Labute approximate surface area is 124 Å². The first-order valence-electron chi connectivity index (χ1n) is 5.95. The molecule has 0 aliphatic rings. The smallest absolute Gasteiger partial charge is 0.335 e. The Kier molecular flexibility index (Phi) is 4.78. The molecule has 0 aliphatic carbocycles. The normalized spacial score (nSPS) is 10.1. The van der Waals surface area contributed by atoms with Gasteiger partial charge in [0, 0.05) is 17.3 Å². The lowest BCUT2D eigenvalue weighted by Crippen LogP contribution is -2.14. The maximum Gasteiger partial charge on any atom is 0.335 e. The highest BCUT2D eigenvalue weighted by Gasteiger charge is 2.11. The molecule has 6 nitrogen and oxygen atoms in total. The minimum absolute atomic E-state index is 0.00936. The van der Waals surface area contributed by atoms with E-state index in [1.54, 1.807) is 24.5 Å². The third-order valence-corrected chi connectivity index (χ3v) is 3.55. The first kappa shape index (κ1) is 14.9. The molecule has 108 valence electrons. The molecule has 0 saturated carbocycles. The van der Waals surface area contributed by atoms with E-state index in [1.807, 2.05) is 0 Å². The summed E-state index contributed by atoms with van der Waals surface area (Å²) in [5.41, 5.74) is 0.0696. The van der Waals surface area contributed by atoms with Crippen molar-refractivity contribution in [3.05, 3.63) is 48.3 Å².